The molecule has 0 bridgehead atoms. The molecular weight excluding hydrogens is 146 g/mol. The van der Waals surface area contributed by atoms with Gasteiger partial charge < -0.3 is 0 Å². The molecule has 2 rings (SSSR count). The smallest absolute Gasteiger partial charge is 0.0346 e. The number of fused-ring (bicyclic) bond motifs is 1. The second-order valence-electron chi connectivity index (χ2n) is 3.16. The third-order valence-electron chi connectivity index (χ3n) is 2.25. The van der Waals surface area contributed by atoms with Crippen LogP contribution in [0.3, 0.4) is 0 Å². The fraction of sp³-hybridized carbons (Fsp3) is 0.182. The second kappa shape index (κ2) is 2.59. The summed E-state index contributed by atoms with van der Waals surface area (Å²) in [4.78, 5) is 4.08. The maximum absolute atomic E-state index is 4.08. The highest BCUT2D eigenvalue weighted by atomic mass is 14.6. The van der Waals surface area contributed by atoms with Gasteiger partial charge in [0.2, 0.25) is 0 Å². The molecular formula is C11H11N. The van der Waals surface area contributed by atoms with Crippen molar-refractivity contribution in [2.24, 2.45) is 0 Å². The van der Waals surface area contributed by atoms with E-state index in [9.17, 15) is 0 Å². The van der Waals surface area contributed by atoms with E-state index in [2.05, 4.69) is 31.0 Å². The van der Waals surface area contributed by atoms with Crippen molar-refractivity contribution in [2.45, 2.75) is 13.8 Å². The minimum atomic E-state index is 1.22. The van der Waals surface area contributed by atoms with Crippen molar-refractivity contribution >= 4 is 10.8 Å². The number of hydrogen-bond donors (Lipinski definition) is 0. The molecule has 0 saturated carbocycles. The van der Waals surface area contributed by atoms with Crippen LogP contribution in [-0.4, -0.2) is 4.98 Å². The SMILES string of the molecule is Cc1cc2ccncc2cc1C. The molecule has 0 saturated heterocycles. The fourth-order valence-electron chi connectivity index (χ4n) is 1.36. The summed E-state index contributed by atoms with van der Waals surface area (Å²) >= 11 is 0. The van der Waals surface area contributed by atoms with Crippen LogP contribution in [0.2, 0.25) is 0 Å². The van der Waals surface area contributed by atoms with Crippen LogP contribution in [0, 0.1) is 13.8 Å². The number of benzene rings is 1. The van der Waals surface area contributed by atoms with E-state index in [1.54, 1.807) is 0 Å². The van der Waals surface area contributed by atoms with Crippen molar-refractivity contribution in [3.8, 4) is 0 Å². The summed E-state index contributed by atoms with van der Waals surface area (Å²) in [7, 11) is 0. The average Bonchev–Trinajstić information content (AvgIpc) is 2.07. The third-order valence-corrected chi connectivity index (χ3v) is 2.25. The Balaban J connectivity index is 2.84. The number of pyridine rings is 1. The van der Waals surface area contributed by atoms with Crippen molar-refractivity contribution < 1.29 is 0 Å². The Kier molecular flexibility index (Phi) is 1.58. The quantitative estimate of drug-likeness (QED) is 0.573. The van der Waals surface area contributed by atoms with Gasteiger partial charge >= 0.3 is 0 Å². The second-order valence-corrected chi connectivity index (χ2v) is 3.16. The highest BCUT2D eigenvalue weighted by Crippen LogP contribution is 2.17. The van der Waals surface area contributed by atoms with Gasteiger partial charge in [0.1, 0.15) is 0 Å². The van der Waals surface area contributed by atoms with Gasteiger partial charge in [0.15, 0.2) is 0 Å². The van der Waals surface area contributed by atoms with Crippen LogP contribution < -0.4 is 0 Å². The van der Waals surface area contributed by atoms with Crippen LogP contribution in [-0.2, 0) is 0 Å². The lowest BCUT2D eigenvalue weighted by Gasteiger charge is -2.01. The Morgan fingerprint density at radius 1 is 1.00 bits per heavy atom. The molecule has 0 amide bonds. The van der Waals surface area contributed by atoms with E-state index in [1.165, 1.54) is 21.9 Å². The first-order valence-electron chi connectivity index (χ1n) is 4.08. The van der Waals surface area contributed by atoms with Gasteiger partial charge in [-0.2, -0.15) is 0 Å². The van der Waals surface area contributed by atoms with E-state index in [4.69, 9.17) is 0 Å². The summed E-state index contributed by atoms with van der Waals surface area (Å²) in [6, 6.07) is 6.42. The first kappa shape index (κ1) is 7.29. The van der Waals surface area contributed by atoms with E-state index in [0.29, 0.717) is 0 Å². The summed E-state index contributed by atoms with van der Waals surface area (Å²) in [5.74, 6) is 0. The number of nitrogens with zero attached hydrogens (tertiary/aromatic N) is 1. The highest BCUT2D eigenvalue weighted by Gasteiger charge is 1.95. The number of rotatable bonds is 0. The molecule has 0 fully saturated rings. The molecule has 0 aliphatic heterocycles. The van der Waals surface area contributed by atoms with Gasteiger partial charge in [0.25, 0.3) is 0 Å². The molecule has 0 unspecified atom stereocenters. The summed E-state index contributed by atoms with van der Waals surface area (Å²) in [5.41, 5.74) is 2.67. The molecule has 2 aromatic rings. The zero-order chi connectivity index (χ0) is 8.55. The van der Waals surface area contributed by atoms with E-state index in [0.717, 1.165) is 0 Å². The lowest BCUT2D eigenvalue weighted by molar-refractivity contribution is 1.33. The van der Waals surface area contributed by atoms with E-state index in [1.807, 2.05) is 18.5 Å². The molecule has 0 atom stereocenters. The van der Waals surface area contributed by atoms with Crippen molar-refractivity contribution in [3.05, 3.63) is 41.7 Å². The molecule has 1 aromatic carbocycles. The Labute approximate surface area is 72.1 Å². The van der Waals surface area contributed by atoms with Gasteiger partial charge in [0, 0.05) is 17.8 Å². The molecule has 1 heteroatoms. The molecule has 1 nitrogen and oxygen atoms in total. The maximum atomic E-state index is 4.08. The van der Waals surface area contributed by atoms with Crippen LogP contribution in [0.25, 0.3) is 10.8 Å². The fourth-order valence-corrected chi connectivity index (χ4v) is 1.36. The average molecular weight is 157 g/mol. The first-order chi connectivity index (χ1) is 5.77. The molecule has 12 heavy (non-hydrogen) atoms. The minimum absolute atomic E-state index is 1.22. The topological polar surface area (TPSA) is 12.9 Å². The van der Waals surface area contributed by atoms with Crippen LogP contribution in [0.1, 0.15) is 11.1 Å². The lowest BCUT2D eigenvalue weighted by Crippen LogP contribution is -1.82. The lowest BCUT2D eigenvalue weighted by atomic mass is 10.1. The van der Waals surface area contributed by atoms with Crippen molar-refractivity contribution in [2.75, 3.05) is 0 Å². The van der Waals surface area contributed by atoms with Gasteiger partial charge in [0.05, 0.1) is 0 Å². The van der Waals surface area contributed by atoms with E-state index >= 15 is 0 Å². The van der Waals surface area contributed by atoms with Gasteiger partial charge in [-0.15, -0.1) is 0 Å². The number of aryl methyl sites for hydroxylation is 2. The van der Waals surface area contributed by atoms with E-state index in [-0.39, 0.29) is 0 Å². The minimum Gasteiger partial charge on any atom is -0.264 e. The zero-order valence-corrected chi connectivity index (χ0v) is 7.33. The highest BCUT2D eigenvalue weighted by molar-refractivity contribution is 5.82. The van der Waals surface area contributed by atoms with Gasteiger partial charge in [-0.25, -0.2) is 0 Å². The zero-order valence-electron chi connectivity index (χ0n) is 7.33. The predicted molar refractivity (Wildman–Crippen MR) is 51.2 cm³/mol. The molecule has 0 aliphatic carbocycles. The summed E-state index contributed by atoms with van der Waals surface area (Å²) in [6.07, 6.45) is 3.74. The molecule has 1 heterocycles. The van der Waals surface area contributed by atoms with Crippen molar-refractivity contribution in [1.29, 1.82) is 0 Å². The molecule has 0 spiro atoms. The van der Waals surface area contributed by atoms with Gasteiger partial charge in [-0.05, 0) is 42.5 Å². The molecule has 0 N–H and O–H groups in total. The predicted octanol–water partition coefficient (Wildman–Crippen LogP) is 2.85. The van der Waals surface area contributed by atoms with Crippen molar-refractivity contribution in [1.82, 2.24) is 4.98 Å². The molecule has 0 aliphatic rings. The summed E-state index contributed by atoms with van der Waals surface area (Å²) in [6.45, 7) is 4.26. The van der Waals surface area contributed by atoms with Crippen LogP contribution in [0.15, 0.2) is 30.6 Å². The first-order valence-corrected chi connectivity index (χ1v) is 4.08. The maximum Gasteiger partial charge on any atom is 0.0346 e. The van der Waals surface area contributed by atoms with E-state index < -0.39 is 0 Å². The largest absolute Gasteiger partial charge is 0.264 e. The Hall–Kier alpha value is -1.37. The van der Waals surface area contributed by atoms with Crippen LogP contribution >= 0.6 is 0 Å². The molecule has 0 radical (unpaired) electrons. The van der Waals surface area contributed by atoms with Crippen molar-refractivity contribution in [3.63, 3.8) is 0 Å². The summed E-state index contributed by atoms with van der Waals surface area (Å²) < 4.78 is 0. The Morgan fingerprint density at radius 3 is 2.42 bits per heavy atom. The van der Waals surface area contributed by atoms with Crippen LogP contribution in [0.5, 0.6) is 0 Å². The van der Waals surface area contributed by atoms with Gasteiger partial charge in [-0.3, -0.25) is 4.98 Å². The normalized spacial score (nSPS) is 10.5. The van der Waals surface area contributed by atoms with Gasteiger partial charge in [-0.1, -0.05) is 6.07 Å². The number of aromatic nitrogens is 1. The number of hydrogen-bond acceptors (Lipinski definition) is 1. The summed E-state index contributed by atoms with van der Waals surface area (Å²) in [5, 5.41) is 2.49. The Bertz CT molecular complexity index is 378. The standard InChI is InChI=1S/C11H11N/c1-8-5-10-3-4-12-7-11(10)6-9(8)2/h3-7H,1-2H3. The third kappa shape index (κ3) is 1.07. The Morgan fingerprint density at radius 2 is 1.67 bits per heavy atom. The molecule has 1 aromatic heterocycles. The monoisotopic (exact) mass is 157 g/mol. The molecule has 60 valence electrons. The van der Waals surface area contributed by atoms with Crippen LogP contribution in [0.4, 0.5) is 0 Å².